The van der Waals surface area contributed by atoms with Crippen LogP contribution in [0.5, 0.6) is 0 Å². The zero-order valence-corrected chi connectivity index (χ0v) is 7.29. The summed E-state index contributed by atoms with van der Waals surface area (Å²) in [5.74, 6) is 2.00. The highest BCUT2D eigenvalue weighted by molar-refractivity contribution is 7.99. The predicted octanol–water partition coefficient (Wildman–Crippen LogP) is 1.76. The lowest BCUT2D eigenvalue weighted by Gasteiger charge is -2.16. The Balaban J connectivity index is 3.07. The molecule has 0 radical (unpaired) electrons. The third-order valence-electron chi connectivity index (χ3n) is 0.771. The van der Waals surface area contributed by atoms with Gasteiger partial charge >= 0.3 is 0 Å². The normalized spacial score (nSPS) is 12.0. The minimum atomic E-state index is 0.306. The van der Waals surface area contributed by atoms with Crippen LogP contribution in [0.3, 0.4) is 0 Å². The van der Waals surface area contributed by atoms with Gasteiger partial charge in [-0.3, -0.25) is 0 Å². The molecule has 2 heteroatoms. The number of thioether (sulfide) groups is 1. The largest absolute Gasteiger partial charge is 0.396 e. The van der Waals surface area contributed by atoms with Gasteiger partial charge in [0.05, 0.1) is 6.61 Å². The van der Waals surface area contributed by atoms with Crippen LogP contribution < -0.4 is 0 Å². The molecule has 0 aromatic heterocycles. The molecule has 56 valence electrons. The maximum atomic E-state index is 8.44. The van der Waals surface area contributed by atoms with Gasteiger partial charge in [-0.25, -0.2) is 0 Å². The fourth-order valence-corrected chi connectivity index (χ4v) is 1.33. The molecule has 1 nitrogen and oxygen atoms in total. The Morgan fingerprint density at radius 2 is 1.89 bits per heavy atom. The predicted molar refractivity (Wildman–Crippen MR) is 43.9 cm³/mol. The zero-order valence-electron chi connectivity index (χ0n) is 6.48. The summed E-state index contributed by atoms with van der Waals surface area (Å²) < 4.78 is 0. The number of aliphatic hydroxyl groups excluding tert-OH is 1. The summed E-state index contributed by atoms with van der Waals surface area (Å²) in [5.41, 5.74) is 0.403. The highest BCUT2D eigenvalue weighted by atomic mass is 32.2. The molecule has 0 unspecified atom stereocenters. The molecule has 0 aliphatic heterocycles. The summed E-state index contributed by atoms with van der Waals surface area (Å²) in [6.07, 6.45) is 0. The van der Waals surface area contributed by atoms with Crippen molar-refractivity contribution in [3.63, 3.8) is 0 Å². The molecule has 1 N–H and O–H groups in total. The van der Waals surface area contributed by atoms with Crippen LogP contribution in [-0.2, 0) is 0 Å². The first-order valence-corrected chi connectivity index (χ1v) is 4.40. The van der Waals surface area contributed by atoms with E-state index in [9.17, 15) is 0 Å². The Bertz CT molecular complexity index is 65.8. The van der Waals surface area contributed by atoms with Crippen molar-refractivity contribution in [1.29, 1.82) is 0 Å². The molecular weight excluding hydrogens is 132 g/mol. The van der Waals surface area contributed by atoms with Gasteiger partial charge in [0, 0.05) is 5.75 Å². The molecule has 0 aromatic rings. The average Bonchev–Trinajstić information content (AvgIpc) is 1.63. The van der Waals surface area contributed by atoms with Crippen molar-refractivity contribution in [2.45, 2.75) is 20.8 Å². The quantitative estimate of drug-likeness (QED) is 0.615. The fourth-order valence-electron chi connectivity index (χ4n) is 0.443. The second kappa shape index (κ2) is 4.18. The van der Waals surface area contributed by atoms with Gasteiger partial charge in [0.25, 0.3) is 0 Å². The number of aliphatic hydroxyl groups is 1. The molecule has 0 saturated heterocycles. The lowest BCUT2D eigenvalue weighted by molar-refractivity contribution is 0.322. The van der Waals surface area contributed by atoms with Gasteiger partial charge in [-0.1, -0.05) is 20.8 Å². The SMILES string of the molecule is CC(C)(C)CSCCO. The average molecular weight is 148 g/mol. The van der Waals surface area contributed by atoms with Crippen LogP contribution in [0.25, 0.3) is 0 Å². The molecule has 0 bridgehead atoms. The van der Waals surface area contributed by atoms with E-state index in [1.54, 1.807) is 0 Å². The molecule has 9 heavy (non-hydrogen) atoms. The first kappa shape index (κ1) is 9.31. The molecule has 0 aliphatic carbocycles. The Kier molecular flexibility index (Phi) is 4.32. The minimum Gasteiger partial charge on any atom is -0.396 e. The summed E-state index contributed by atoms with van der Waals surface area (Å²) in [5, 5.41) is 8.44. The van der Waals surface area contributed by atoms with Crippen molar-refractivity contribution in [2.24, 2.45) is 5.41 Å². The van der Waals surface area contributed by atoms with E-state index in [1.165, 1.54) is 0 Å². The second-order valence-electron chi connectivity index (χ2n) is 3.34. The van der Waals surface area contributed by atoms with E-state index in [-0.39, 0.29) is 0 Å². The van der Waals surface area contributed by atoms with E-state index >= 15 is 0 Å². The lowest BCUT2D eigenvalue weighted by Crippen LogP contribution is -2.09. The van der Waals surface area contributed by atoms with Crippen molar-refractivity contribution < 1.29 is 5.11 Å². The van der Waals surface area contributed by atoms with Gasteiger partial charge in [-0.15, -0.1) is 0 Å². The summed E-state index contributed by atoms with van der Waals surface area (Å²) in [7, 11) is 0. The molecule has 0 rings (SSSR count). The molecule has 0 saturated carbocycles. The fraction of sp³-hybridized carbons (Fsp3) is 1.00. The van der Waals surface area contributed by atoms with Gasteiger partial charge < -0.3 is 5.11 Å². The maximum absolute atomic E-state index is 8.44. The van der Waals surface area contributed by atoms with Crippen LogP contribution in [0.2, 0.25) is 0 Å². The first-order valence-electron chi connectivity index (χ1n) is 3.25. The molecule has 0 atom stereocenters. The maximum Gasteiger partial charge on any atom is 0.0521 e. The molecule has 0 heterocycles. The standard InChI is InChI=1S/C7H16OS/c1-7(2,3)6-9-5-4-8/h8H,4-6H2,1-3H3. The summed E-state index contributed by atoms with van der Waals surface area (Å²) >= 11 is 1.81. The van der Waals surface area contributed by atoms with E-state index in [2.05, 4.69) is 20.8 Å². The van der Waals surface area contributed by atoms with Crippen molar-refractivity contribution in [1.82, 2.24) is 0 Å². The molecular formula is C7H16OS. The van der Waals surface area contributed by atoms with Crippen LogP contribution in [0, 0.1) is 5.41 Å². The Labute approximate surface area is 61.8 Å². The van der Waals surface area contributed by atoms with Gasteiger partial charge in [-0.2, -0.15) is 11.8 Å². The van der Waals surface area contributed by atoms with E-state index in [4.69, 9.17) is 5.11 Å². The van der Waals surface area contributed by atoms with Crippen LogP contribution in [0.1, 0.15) is 20.8 Å². The molecule has 0 amide bonds. The Hall–Kier alpha value is 0.310. The van der Waals surface area contributed by atoms with Crippen LogP contribution in [0.15, 0.2) is 0 Å². The molecule has 0 aromatic carbocycles. The van der Waals surface area contributed by atoms with Crippen molar-refractivity contribution in [3.8, 4) is 0 Å². The van der Waals surface area contributed by atoms with Crippen molar-refractivity contribution >= 4 is 11.8 Å². The topological polar surface area (TPSA) is 20.2 Å². The van der Waals surface area contributed by atoms with Gasteiger partial charge in [0.15, 0.2) is 0 Å². The van der Waals surface area contributed by atoms with Crippen LogP contribution in [0.4, 0.5) is 0 Å². The van der Waals surface area contributed by atoms with Crippen molar-refractivity contribution in [3.05, 3.63) is 0 Å². The molecule has 0 aliphatic rings. The van der Waals surface area contributed by atoms with E-state index in [0.717, 1.165) is 11.5 Å². The van der Waals surface area contributed by atoms with Crippen LogP contribution in [-0.4, -0.2) is 23.2 Å². The van der Waals surface area contributed by atoms with Gasteiger partial charge in [-0.05, 0) is 11.2 Å². The number of hydrogen-bond donors (Lipinski definition) is 1. The highest BCUT2D eigenvalue weighted by Crippen LogP contribution is 2.19. The number of hydrogen-bond acceptors (Lipinski definition) is 2. The van der Waals surface area contributed by atoms with E-state index < -0.39 is 0 Å². The third kappa shape index (κ3) is 8.31. The summed E-state index contributed by atoms with van der Waals surface area (Å²) in [4.78, 5) is 0. The monoisotopic (exact) mass is 148 g/mol. The lowest BCUT2D eigenvalue weighted by atomic mass is 10.0. The molecule has 0 spiro atoms. The molecule has 0 fully saturated rings. The Morgan fingerprint density at radius 3 is 2.22 bits per heavy atom. The van der Waals surface area contributed by atoms with Gasteiger partial charge in [0.2, 0.25) is 0 Å². The third-order valence-corrected chi connectivity index (χ3v) is 2.31. The van der Waals surface area contributed by atoms with E-state index in [1.807, 2.05) is 11.8 Å². The Morgan fingerprint density at radius 1 is 1.33 bits per heavy atom. The number of rotatable bonds is 3. The summed E-state index contributed by atoms with van der Waals surface area (Å²) in [6, 6.07) is 0. The second-order valence-corrected chi connectivity index (χ2v) is 4.44. The highest BCUT2D eigenvalue weighted by Gasteiger charge is 2.08. The van der Waals surface area contributed by atoms with E-state index in [0.29, 0.717) is 12.0 Å². The zero-order chi connectivity index (χ0) is 7.33. The summed E-state index contributed by atoms with van der Waals surface area (Å²) in [6.45, 7) is 6.92. The van der Waals surface area contributed by atoms with Gasteiger partial charge in [0.1, 0.15) is 0 Å². The van der Waals surface area contributed by atoms with Crippen molar-refractivity contribution in [2.75, 3.05) is 18.1 Å². The minimum absolute atomic E-state index is 0.306. The van der Waals surface area contributed by atoms with Crippen LogP contribution >= 0.6 is 11.8 Å². The first-order chi connectivity index (χ1) is 4.06. The smallest absolute Gasteiger partial charge is 0.0521 e.